The molecule has 0 unspecified atom stereocenters. The van der Waals surface area contributed by atoms with Crippen LogP contribution in [0, 0.1) is 0 Å². The van der Waals surface area contributed by atoms with E-state index in [9.17, 15) is 0 Å². The average Bonchev–Trinajstić information content (AvgIpc) is 0.811. The van der Waals surface area contributed by atoms with Crippen LogP contribution in [-0.2, 0) is 17.1 Å². The van der Waals surface area contributed by atoms with Crippen LogP contribution in [0.2, 0.25) is 0 Å². The minimum atomic E-state index is -2.33. The van der Waals surface area contributed by atoms with Gasteiger partial charge in [-0.25, -0.2) is 0 Å². The van der Waals surface area contributed by atoms with Crippen molar-refractivity contribution < 1.29 is 37.6 Å². The molecule has 0 aromatic heterocycles. The first-order chi connectivity index (χ1) is 1.73. The predicted octanol–water partition coefficient (Wildman–Crippen LogP) is -3.01. The van der Waals surface area contributed by atoms with E-state index in [0.717, 1.165) is 0 Å². The van der Waals surface area contributed by atoms with Crippen molar-refractivity contribution in [2.75, 3.05) is 0 Å². The van der Waals surface area contributed by atoms with Gasteiger partial charge in [0.25, 0.3) is 0 Å². The molecule has 0 rings (SSSR count). The molecule has 1 N–H and O–H groups in total. The van der Waals surface area contributed by atoms with Gasteiger partial charge < -0.3 is 20.5 Å². The van der Waals surface area contributed by atoms with Crippen molar-refractivity contribution in [2.24, 2.45) is 0 Å². The molecule has 37 valence electrons. The summed E-state index contributed by atoms with van der Waals surface area (Å²) in [7, 11) is 0. The zero-order valence-electron chi connectivity index (χ0n) is 3.13. The molecule has 7 heavy (non-hydrogen) atoms. The van der Waals surface area contributed by atoms with Gasteiger partial charge in [0.1, 0.15) is 0 Å². The maximum absolute atomic E-state index is 8.33. The van der Waals surface area contributed by atoms with Gasteiger partial charge in [-0.2, -0.15) is 0 Å². The first-order valence-corrected chi connectivity index (χ1v) is 0.612. The molecule has 0 aliphatic carbocycles. The van der Waals surface area contributed by atoms with E-state index in [2.05, 4.69) is 0 Å². The second kappa shape index (κ2) is 16.3. The molecule has 4 nitrogen and oxygen atoms in total. The Balaban J connectivity index is -0.0000000150. The van der Waals surface area contributed by atoms with Crippen molar-refractivity contribution in [1.29, 1.82) is 0 Å². The molecule has 0 aliphatic heterocycles. The van der Waals surface area contributed by atoms with Crippen LogP contribution in [0.5, 0.6) is 0 Å². The van der Waals surface area contributed by atoms with Crippen LogP contribution in [-0.4, -0.2) is 29.0 Å². The van der Waals surface area contributed by atoms with Gasteiger partial charge >= 0.3 is 34.4 Å². The van der Waals surface area contributed by atoms with E-state index in [0.29, 0.717) is 0 Å². The monoisotopic (exact) mass is 159 g/mol. The number of carboxylic acid groups (broad SMARTS) is 2. The summed E-state index contributed by atoms with van der Waals surface area (Å²) in [6, 6.07) is 0. The molecular formula is CHAlMnO4+2. The van der Waals surface area contributed by atoms with Crippen molar-refractivity contribution in [3.8, 4) is 0 Å². The minimum Gasteiger partial charge on any atom is -0.870 e. The van der Waals surface area contributed by atoms with Crippen LogP contribution in [0.3, 0.4) is 0 Å². The summed E-state index contributed by atoms with van der Waals surface area (Å²) in [4.78, 5) is 8.33. The second-order valence-corrected chi connectivity index (χ2v) is 0.250. The van der Waals surface area contributed by atoms with Gasteiger partial charge in [-0.1, -0.05) is 0 Å². The molecule has 0 saturated carbocycles. The molecule has 0 spiro atoms. The standard InChI is InChI=1S/CH2O3.Al.Mn.H2O/c2-1(3)4;;;/h(H2,2,3,4);;;1H2/q;+3;+2;/p-3. The summed E-state index contributed by atoms with van der Waals surface area (Å²) >= 11 is 0. The molecule has 0 fully saturated rings. The summed E-state index contributed by atoms with van der Waals surface area (Å²) in [5, 5.41) is 16.7. The van der Waals surface area contributed by atoms with Crippen molar-refractivity contribution in [1.82, 2.24) is 0 Å². The second-order valence-electron chi connectivity index (χ2n) is 0.250. The first kappa shape index (κ1) is 26.7. The van der Waals surface area contributed by atoms with Crippen molar-refractivity contribution in [3.63, 3.8) is 0 Å². The molecule has 0 aliphatic rings. The molecule has 0 aromatic rings. The Kier molecular flexibility index (Phi) is 62.0. The Hall–Kier alpha value is 0.282. The number of hydrogen-bond acceptors (Lipinski definition) is 4. The molecular weight excluding hydrogens is 158 g/mol. The first-order valence-electron chi connectivity index (χ1n) is 0.612. The topological polar surface area (TPSA) is 93.2 Å². The van der Waals surface area contributed by atoms with E-state index in [4.69, 9.17) is 15.0 Å². The van der Waals surface area contributed by atoms with Gasteiger partial charge in [0.2, 0.25) is 0 Å². The van der Waals surface area contributed by atoms with Crippen molar-refractivity contribution in [3.05, 3.63) is 0 Å². The van der Waals surface area contributed by atoms with Crippen molar-refractivity contribution in [2.45, 2.75) is 0 Å². The third kappa shape index (κ3) is 1450. The van der Waals surface area contributed by atoms with Crippen LogP contribution in [0.25, 0.3) is 0 Å². The number of hydrogen-bond donors (Lipinski definition) is 0. The van der Waals surface area contributed by atoms with E-state index in [1.54, 1.807) is 0 Å². The maximum atomic E-state index is 8.33. The number of rotatable bonds is 0. The van der Waals surface area contributed by atoms with E-state index >= 15 is 0 Å². The fourth-order valence-electron chi connectivity index (χ4n) is 0. The molecule has 0 atom stereocenters. The summed E-state index contributed by atoms with van der Waals surface area (Å²) in [5.41, 5.74) is 0. The van der Waals surface area contributed by atoms with E-state index in [1.165, 1.54) is 0 Å². The molecule has 0 aromatic carbocycles. The van der Waals surface area contributed by atoms with Gasteiger partial charge in [-0.15, -0.1) is 0 Å². The minimum absolute atomic E-state index is 0. The van der Waals surface area contributed by atoms with Crippen LogP contribution in [0.1, 0.15) is 0 Å². The quantitative estimate of drug-likeness (QED) is 0.352. The normalized spacial score (nSPS) is 3.43. The van der Waals surface area contributed by atoms with Gasteiger partial charge in [-0.05, 0) is 6.16 Å². The zero-order valence-corrected chi connectivity index (χ0v) is 5.46. The Labute approximate surface area is 61.4 Å². The summed E-state index contributed by atoms with van der Waals surface area (Å²) in [5.74, 6) is 0. The Morgan fingerprint density at radius 1 is 1.29 bits per heavy atom. The Morgan fingerprint density at radius 2 is 1.29 bits per heavy atom. The fraction of sp³-hybridized carbons (Fsp3) is 0. The van der Waals surface area contributed by atoms with Crippen LogP contribution < -0.4 is 10.2 Å². The Morgan fingerprint density at radius 3 is 1.29 bits per heavy atom. The smallest absolute Gasteiger partial charge is 0.870 e. The number of carbonyl (C=O) groups excluding carboxylic acids is 1. The van der Waals surface area contributed by atoms with E-state index in [1.807, 2.05) is 0 Å². The predicted molar refractivity (Wildman–Crippen MR) is 13.1 cm³/mol. The van der Waals surface area contributed by atoms with Gasteiger partial charge in [-0.3, -0.25) is 0 Å². The average molecular weight is 159 g/mol. The van der Waals surface area contributed by atoms with Crippen LogP contribution >= 0.6 is 0 Å². The van der Waals surface area contributed by atoms with Gasteiger partial charge in [0.15, 0.2) is 0 Å². The van der Waals surface area contributed by atoms with Gasteiger partial charge in [0, 0.05) is 0 Å². The van der Waals surface area contributed by atoms with E-state index in [-0.39, 0.29) is 39.9 Å². The zero-order chi connectivity index (χ0) is 3.58. The molecule has 0 amide bonds. The molecule has 0 bridgehead atoms. The van der Waals surface area contributed by atoms with Crippen LogP contribution in [0.4, 0.5) is 4.79 Å². The number of carbonyl (C=O) groups is 1. The SMILES string of the molecule is O=C([O-])[O-].[Al+3].[Mn+2].[OH-]. The van der Waals surface area contributed by atoms with Crippen molar-refractivity contribution >= 4 is 23.5 Å². The third-order valence-electron chi connectivity index (χ3n) is 0. The molecule has 0 saturated heterocycles. The molecule has 6 heteroatoms. The third-order valence-corrected chi connectivity index (χ3v) is 0. The Bertz CT molecular complexity index is 34.7. The summed E-state index contributed by atoms with van der Waals surface area (Å²) < 4.78 is 0. The van der Waals surface area contributed by atoms with E-state index < -0.39 is 6.16 Å². The summed E-state index contributed by atoms with van der Waals surface area (Å²) in [6.45, 7) is 0. The molecule has 1 radical (unpaired) electrons. The summed E-state index contributed by atoms with van der Waals surface area (Å²) in [6.07, 6.45) is -2.33. The largest absolute Gasteiger partial charge is 3.00 e. The maximum Gasteiger partial charge on any atom is 3.00 e. The van der Waals surface area contributed by atoms with Crippen LogP contribution in [0.15, 0.2) is 0 Å². The van der Waals surface area contributed by atoms with Gasteiger partial charge in [0.05, 0.1) is 0 Å². The molecule has 0 heterocycles. The fourth-order valence-corrected chi connectivity index (χ4v) is 0.